The Hall–Kier alpha value is -2.24. The predicted molar refractivity (Wildman–Crippen MR) is 113 cm³/mol. The second-order valence-electron chi connectivity index (χ2n) is 7.47. The van der Waals surface area contributed by atoms with Crippen molar-refractivity contribution in [2.45, 2.75) is 25.9 Å². The van der Waals surface area contributed by atoms with Crippen LogP contribution in [0.15, 0.2) is 48.5 Å². The Morgan fingerprint density at radius 3 is 2.46 bits per heavy atom. The van der Waals surface area contributed by atoms with Crippen molar-refractivity contribution in [3.63, 3.8) is 0 Å². The lowest BCUT2D eigenvalue weighted by Crippen LogP contribution is -3.16. The number of quaternary nitrogens is 1. The summed E-state index contributed by atoms with van der Waals surface area (Å²) in [7, 11) is 1.72. The van der Waals surface area contributed by atoms with Crippen molar-refractivity contribution < 1.29 is 19.5 Å². The van der Waals surface area contributed by atoms with Crippen LogP contribution in [0.25, 0.3) is 0 Å². The van der Waals surface area contributed by atoms with Crippen molar-refractivity contribution in [3.8, 4) is 11.5 Å². The summed E-state index contributed by atoms with van der Waals surface area (Å²) in [6.45, 7) is 7.16. The zero-order valence-electron chi connectivity index (χ0n) is 17.1. The Balaban J connectivity index is 1.41. The van der Waals surface area contributed by atoms with Gasteiger partial charge in [0.15, 0.2) is 0 Å². The molecule has 3 rings (SSSR count). The number of ether oxygens (including phenoxy) is 2. The minimum Gasteiger partial charge on any atom is -0.495 e. The largest absolute Gasteiger partial charge is 0.495 e. The summed E-state index contributed by atoms with van der Waals surface area (Å²) in [6, 6.07) is 16.4. The molecule has 0 aromatic heterocycles. The molecule has 28 heavy (non-hydrogen) atoms. The number of aliphatic hydroxyl groups is 1. The summed E-state index contributed by atoms with van der Waals surface area (Å²) in [5.74, 6) is 1.75. The lowest BCUT2D eigenvalue weighted by atomic mass is 10.1. The van der Waals surface area contributed by atoms with Crippen LogP contribution >= 0.6 is 0 Å². The van der Waals surface area contributed by atoms with Crippen LogP contribution in [0.3, 0.4) is 0 Å². The highest BCUT2D eigenvalue weighted by Crippen LogP contribution is 2.27. The van der Waals surface area contributed by atoms with Crippen LogP contribution in [0, 0.1) is 0 Å². The molecular weight excluding hydrogens is 352 g/mol. The van der Waals surface area contributed by atoms with E-state index >= 15 is 0 Å². The number of anilines is 1. The smallest absolute Gasteiger partial charge is 0.142 e. The number of piperazine rings is 1. The molecule has 1 atom stereocenters. The molecule has 0 amide bonds. The quantitative estimate of drug-likeness (QED) is 0.691. The maximum Gasteiger partial charge on any atom is 0.142 e. The lowest BCUT2D eigenvalue weighted by Gasteiger charge is -2.35. The van der Waals surface area contributed by atoms with E-state index in [9.17, 15) is 5.11 Å². The molecule has 2 aromatic carbocycles. The number of para-hydroxylation sites is 2. The Bertz CT molecular complexity index is 712. The van der Waals surface area contributed by atoms with Crippen molar-refractivity contribution in [2.75, 3.05) is 51.3 Å². The number of hydrogen-bond donors (Lipinski definition) is 2. The van der Waals surface area contributed by atoms with E-state index in [-0.39, 0.29) is 0 Å². The van der Waals surface area contributed by atoms with Gasteiger partial charge in [-0.3, -0.25) is 0 Å². The van der Waals surface area contributed by atoms with Crippen LogP contribution < -0.4 is 19.3 Å². The fourth-order valence-electron chi connectivity index (χ4n) is 3.78. The summed E-state index contributed by atoms with van der Waals surface area (Å²) in [6.07, 6.45) is 1.78. The molecule has 5 heteroatoms. The van der Waals surface area contributed by atoms with Gasteiger partial charge in [-0.05, 0) is 36.2 Å². The predicted octanol–water partition coefficient (Wildman–Crippen LogP) is 1.79. The van der Waals surface area contributed by atoms with Crippen LogP contribution in [0.4, 0.5) is 5.69 Å². The van der Waals surface area contributed by atoms with Crippen molar-refractivity contribution in [2.24, 2.45) is 0 Å². The van der Waals surface area contributed by atoms with Crippen LogP contribution in [0.5, 0.6) is 11.5 Å². The number of rotatable bonds is 9. The highest BCUT2D eigenvalue weighted by molar-refractivity contribution is 5.58. The number of nitrogens with zero attached hydrogens (tertiary/aromatic N) is 1. The van der Waals surface area contributed by atoms with Gasteiger partial charge in [0.05, 0.1) is 39.0 Å². The molecule has 0 bridgehead atoms. The van der Waals surface area contributed by atoms with Gasteiger partial charge in [-0.15, -0.1) is 0 Å². The first-order valence-electron chi connectivity index (χ1n) is 10.3. The molecule has 1 aliphatic heterocycles. The molecule has 2 N–H and O–H groups in total. The van der Waals surface area contributed by atoms with E-state index in [1.807, 2.05) is 30.3 Å². The monoisotopic (exact) mass is 385 g/mol. The molecule has 0 spiro atoms. The number of aryl methyl sites for hydroxylation is 1. The SMILES string of the molecule is CCCc1ccc(OC[C@H](O)C[NH+]2CCN(c3ccccc3OC)CC2)cc1. The van der Waals surface area contributed by atoms with Crippen LogP contribution in [0.2, 0.25) is 0 Å². The maximum absolute atomic E-state index is 10.4. The van der Waals surface area contributed by atoms with E-state index in [0.29, 0.717) is 13.2 Å². The summed E-state index contributed by atoms with van der Waals surface area (Å²) in [4.78, 5) is 3.78. The number of benzene rings is 2. The van der Waals surface area contributed by atoms with Crippen molar-refractivity contribution in [1.29, 1.82) is 0 Å². The first-order chi connectivity index (χ1) is 13.7. The van der Waals surface area contributed by atoms with E-state index in [4.69, 9.17) is 9.47 Å². The number of methoxy groups -OCH3 is 1. The third-order valence-corrected chi connectivity index (χ3v) is 5.33. The Morgan fingerprint density at radius 2 is 1.79 bits per heavy atom. The second kappa shape index (κ2) is 10.3. The second-order valence-corrected chi connectivity index (χ2v) is 7.47. The third kappa shape index (κ3) is 5.63. The van der Waals surface area contributed by atoms with E-state index < -0.39 is 6.10 Å². The van der Waals surface area contributed by atoms with Gasteiger partial charge >= 0.3 is 0 Å². The third-order valence-electron chi connectivity index (χ3n) is 5.33. The summed E-state index contributed by atoms with van der Waals surface area (Å²) >= 11 is 0. The molecule has 0 radical (unpaired) electrons. The van der Waals surface area contributed by atoms with Gasteiger partial charge in [-0.25, -0.2) is 0 Å². The normalized spacial score (nSPS) is 16.0. The van der Waals surface area contributed by atoms with Crippen molar-refractivity contribution in [1.82, 2.24) is 0 Å². The molecular formula is C23H33N2O3+. The minimum atomic E-state index is -0.455. The summed E-state index contributed by atoms with van der Waals surface area (Å²) in [5, 5.41) is 10.4. The zero-order chi connectivity index (χ0) is 19.8. The van der Waals surface area contributed by atoms with E-state index in [0.717, 1.165) is 56.2 Å². The molecule has 0 unspecified atom stereocenters. The Kier molecular flexibility index (Phi) is 7.57. The van der Waals surface area contributed by atoms with Gasteiger partial charge in [0, 0.05) is 0 Å². The molecule has 0 aliphatic carbocycles. The zero-order valence-corrected chi connectivity index (χ0v) is 17.1. The number of aliphatic hydroxyl groups excluding tert-OH is 1. The average Bonchev–Trinajstić information content (AvgIpc) is 2.74. The van der Waals surface area contributed by atoms with Crippen molar-refractivity contribution >= 4 is 5.69 Å². The summed E-state index contributed by atoms with van der Waals surface area (Å²) in [5.41, 5.74) is 2.48. The van der Waals surface area contributed by atoms with Gasteiger partial charge in [0.1, 0.15) is 30.8 Å². The number of hydrogen-bond acceptors (Lipinski definition) is 4. The first-order valence-corrected chi connectivity index (χ1v) is 10.3. The summed E-state index contributed by atoms with van der Waals surface area (Å²) < 4.78 is 11.3. The number of nitrogens with one attached hydrogen (secondary N) is 1. The molecule has 1 heterocycles. The fourth-order valence-corrected chi connectivity index (χ4v) is 3.78. The molecule has 1 fully saturated rings. The Labute approximate surface area is 168 Å². The molecule has 1 aliphatic rings. The standard InChI is InChI=1S/C23H32N2O3/c1-3-6-19-9-11-21(12-10-19)28-18-20(26)17-24-13-15-25(16-14-24)22-7-4-5-8-23(22)27-2/h4-5,7-12,20,26H,3,6,13-18H2,1-2H3/p+1/t20-/m1/s1. The first kappa shape index (κ1) is 20.5. The van der Waals surface area contributed by atoms with Crippen LogP contribution in [-0.4, -0.2) is 57.7 Å². The topological polar surface area (TPSA) is 46.4 Å². The van der Waals surface area contributed by atoms with Gasteiger partial charge in [-0.1, -0.05) is 37.6 Å². The average molecular weight is 386 g/mol. The maximum atomic E-state index is 10.4. The van der Waals surface area contributed by atoms with Crippen molar-refractivity contribution in [3.05, 3.63) is 54.1 Å². The Morgan fingerprint density at radius 1 is 1.07 bits per heavy atom. The lowest BCUT2D eigenvalue weighted by molar-refractivity contribution is -0.903. The van der Waals surface area contributed by atoms with Gasteiger partial charge < -0.3 is 24.4 Å². The molecule has 0 saturated carbocycles. The highest BCUT2D eigenvalue weighted by atomic mass is 16.5. The van der Waals surface area contributed by atoms with E-state index in [1.165, 1.54) is 10.5 Å². The van der Waals surface area contributed by atoms with Crippen LogP contribution in [-0.2, 0) is 6.42 Å². The molecule has 5 nitrogen and oxygen atoms in total. The van der Waals surface area contributed by atoms with Gasteiger partial charge in [0.2, 0.25) is 0 Å². The highest BCUT2D eigenvalue weighted by Gasteiger charge is 2.24. The van der Waals surface area contributed by atoms with Gasteiger partial charge in [-0.2, -0.15) is 0 Å². The molecule has 152 valence electrons. The molecule has 1 saturated heterocycles. The fraction of sp³-hybridized carbons (Fsp3) is 0.478. The van der Waals surface area contributed by atoms with Crippen LogP contribution in [0.1, 0.15) is 18.9 Å². The van der Waals surface area contributed by atoms with E-state index in [1.54, 1.807) is 7.11 Å². The minimum absolute atomic E-state index is 0.340. The van der Waals surface area contributed by atoms with Gasteiger partial charge in [0.25, 0.3) is 0 Å². The molecule has 2 aromatic rings. The van der Waals surface area contributed by atoms with E-state index in [2.05, 4.69) is 30.0 Å².